The van der Waals surface area contributed by atoms with Gasteiger partial charge in [-0.2, -0.15) is 0 Å². The van der Waals surface area contributed by atoms with E-state index in [1.54, 1.807) is 0 Å². The van der Waals surface area contributed by atoms with E-state index in [1.165, 1.54) is 44.1 Å². The normalized spacial score (nSPS) is 33.8. The molecule has 4 aliphatic rings. The molecule has 4 fully saturated rings. The first-order valence-corrected chi connectivity index (χ1v) is 10.1. The van der Waals surface area contributed by atoms with Crippen LogP contribution < -0.4 is 11.1 Å². The molecule has 5 rings (SSSR count). The molecule has 0 aliphatic heterocycles. The van der Waals surface area contributed by atoms with E-state index in [0.717, 1.165) is 23.4 Å². The Kier molecular flexibility index (Phi) is 4.30. The Morgan fingerprint density at radius 2 is 1.58 bits per heavy atom. The van der Waals surface area contributed by atoms with E-state index in [0.29, 0.717) is 5.41 Å². The smallest absolute Gasteiger partial charge is 0.412 e. The maximum Gasteiger partial charge on any atom is 0.412 e. The van der Waals surface area contributed by atoms with E-state index in [-0.39, 0.29) is 6.04 Å². The molecule has 1 aromatic carbocycles. The Morgan fingerprint density at radius 1 is 1.08 bits per heavy atom. The van der Waals surface area contributed by atoms with Crippen LogP contribution in [-0.4, -0.2) is 11.7 Å². The summed E-state index contributed by atoms with van der Waals surface area (Å²) in [6.45, 7) is 5.58. The van der Waals surface area contributed by atoms with Gasteiger partial charge >= 0.3 is 6.09 Å². The van der Waals surface area contributed by atoms with E-state index >= 15 is 0 Å². The second-order valence-electron chi connectivity index (χ2n) is 10.0. The first-order valence-electron chi connectivity index (χ1n) is 10.1. The highest BCUT2D eigenvalue weighted by molar-refractivity contribution is 5.84. The molecule has 0 aromatic heterocycles. The van der Waals surface area contributed by atoms with Crippen LogP contribution in [0.4, 0.5) is 10.5 Å². The fourth-order valence-corrected chi connectivity index (χ4v) is 6.11. The highest BCUT2D eigenvalue weighted by atomic mass is 16.6. The Balaban J connectivity index is 1.44. The van der Waals surface area contributed by atoms with Gasteiger partial charge < -0.3 is 10.5 Å². The molecule has 1 unspecified atom stereocenters. The zero-order chi connectivity index (χ0) is 18.5. The third-order valence-electron chi connectivity index (χ3n) is 6.66. The van der Waals surface area contributed by atoms with Gasteiger partial charge in [0.05, 0.1) is 0 Å². The van der Waals surface area contributed by atoms with Crippen LogP contribution in [0.1, 0.15) is 70.9 Å². The molecular formula is C22H32N2O2. The lowest BCUT2D eigenvalue weighted by molar-refractivity contribution is -0.0677. The summed E-state index contributed by atoms with van der Waals surface area (Å²) >= 11 is 0. The summed E-state index contributed by atoms with van der Waals surface area (Å²) in [6, 6.07) is 8.15. The zero-order valence-electron chi connectivity index (χ0n) is 16.3. The highest BCUT2D eigenvalue weighted by Crippen LogP contribution is 2.63. The van der Waals surface area contributed by atoms with Gasteiger partial charge in [0, 0.05) is 11.7 Å². The number of hydrogen-bond acceptors (Lipinski definition) is 3. The van der Waals surface area contributed by atoms with Crippen molar-refractivity contribution in [3.63, 3.8) is 0 Å². The molecule has 0 saturated heterocycles. The van der Waals surface area contributed by atoms with Crippen molar-refractivity contribution in [2.75, 3.05) is 5.32 Å². The van der Waals surface area contributed by atoms with Gasteiger partial charge in [-0.15, -0.1) is 0 Å². The van der Waals surface area contributed by atoms with Crippen molar-refractivity contribution < 1.29 is 9.53 Å². The predicted molar refractivity (Wildman–Crippen MR) is 104 cm³/mol. The van der Waals surface area contributed by atoms with Crippen molar-refractivity contribution in [2.24, 2.45) is 28.9 Å². The molecule has 3 N–H and O–H groups in total. The van der Waals surface area contributed by atoms with Crippen molar-refractivity contribution in [1.82, 2.24) is 0 Å². The molecule has 1 aromatic rings. The summed E-state index contributed by atoms with van der Waals surface area (Å²) in [4.78, 5) is 11.9. The zero-order valence-corrected chi connectivity index (χ0v) is 16.3. The van der Waals surface area contributed by atoms with Crippen LogP contribution in [-0.2, 0) is 4.74 Å². The number of benzene rings is 1. The van der Waals surface area contributed by atoms with Crippen LogP contribution in [0.3, 0.4) is 0 Å². The Labute approximate surface area is 156 Å². The maximum absolute atomic E-state index is 11.9. The van der Waals surface area contributed by atoms with Crippen molar-refractivity contribution in [1.29, 1.82) is 0 Å². The fraction of sp³-hybridized carbons (Fsp3) is 0.682. The number of ether oxygens (including phenoxy) is 1. The van der Waals surface area contributed by atoms with E-state index in [2.05, 4.69) is 17.4 Å². The Morgan fingerprint density at radius 3 is 2.04 bits per heavy atom. The van der Waals surface area contributed by atoms with Gasteiger partial charge in [-0.3, -0.25) is 5.32 Å². The molecule has 0 heterocycles. The van der Waals surface area contributed by atoms with Crippen molar-refractivity contribution in [2.45, 2.75) is 70.9 Å². The van der Waals surface area contributed by atoms with Crippen LogP contribution in [0, 0.1) is 23.2 Å². The van der Waals surface area contributed by atoms with Crippen molar-refractivity contribution in [3.05, 3.63) is 29.8 Å². The average Bonchev–Trinajstić information content (AvgIpc) is 2.51. The first-order chi connectivity index (χ1) is 12.2. The molecule has 4 heteroatoms. The lowest BCUT2D eigenvalue weighted by Gasteiger charge is -2.59. The minimum Gasteiger partial charge on any atom is -0.444 e. The second-order valence-corrected chi connectivity index (χ2v) is 10.0. The maximum atomic E-state index is 11.9. The van der Waals surface area contributed by atoms with Gasteiger partial charge in [0.15, 0.2) is 0 Å². The number of nitrogens with two attached hydrogens (primary N) is 1. The quantitative estimate of drug-likeness (QED) is 0.777. The van der Waals surface area contributed by atoms with Gasteiger partial charge in [0.1, 0.15) is 5.60 Å². The number of carbonyl (C=O) groups excluding carboxylic acids is 1. The van der Waals surface area contributed by atoms with Crippen LogP contribution in [0.5, 0.6) is 0 Å². The standard InChI is InChI=1S/C22H32N2O2/c1-21(2,3)26-20(25)24-18-6-4-17(5-7-18)19(23)22-11-14-8-15(12-22)10-16(9-14)13-22/h4-7,14-16,19H,8-13,23H2,1-3H3,(H,24,25). The van der Waals surface area contributed by atoms with Gasteiger partial charge in [-0.25, -0.2) is 4.79 Å². The Bertz CT molecular complexity index is 639. The van der Waals surface area contributed by atoms with Crippen LogP contribution in [0.2, 0.25) is 0 Å². The predicted octanol–water partition coefficient (Wildman–Crippen LogP) is 5.25. The molecule has 4 aliphatic carbocycles. The number of carbonyl (C=O) groups is 1. The van der Waals surface area contributed by atoms with Crippen molar-refractivity contribution in [3.8, 4) is 0 Å². The third kappa shape index (κ3) is 3.48. The van der Waals surface area contributed by atoms with Crippen LogP contribution in [0.15, 0.2) is 24.3 Å². The highest BCUT2D eigenvalue weighted by Gasteiger charge is 2.53. The lowest BCUT2D eigenvalue weighted by Crippen LogP contribution is -2.50. The minimum atomic E-state index is -0.495. The number of rotatable bonds is 3. The molecule has 1 amide bonds. The molecule has 4 nitrogen and oxygen atoms in total. The minimum absolute atomic E-state index is 0.103. The molecular weight excluding hydrogens is 324 g/mol. The molecule has 0 radical (unpaired) electrons. The lowest BCUT2D eigenvalue weighted by atomic mass is 9.47. The van der Waals surface area contributed by atoms with E-state index < -0.39 is 11.7 Å². The molecule has 142 valence electrons. The SMILES string of the molecule is CC(C)(C)OC(=O)Nc1ccc(C(N)C23CC4CC(CC(C4)C2)C3)cc1. The summed E-state index contributed by atoms with van der Waals surface area (Å²) in [5.41, 5.74) is 8.57. The van der Waals surface area contributed by atoms with E-state index in [4.69, 9.17) is 10.5 Å². The first kappa shape index (κ1) is 17.8. The number of anilines is 1. The number of nitrogens with one attached hydrogen (secondary N) is 1. The summed E-state index contributed by atoms with van der Waals surface area (Å²) in [6.07, 6.45) is 7.80. The molecule has 1 atom stereocenters. The Hall–Kier alpha value is -1.55. The second kappa shape index (κ2) is 6.26. The van der Waals surface area contributed by atoms with Gasteiger partial charge in [-0.05, 0) is 100 Å². The third-order valence-corrected chi connectivity index (χ3v) is 6.66. The average molecular weight is 357 g/mol. The van der Waals surface area contributed by atoms with Crippen LogP contribution in [0.25, 0.3) is 0 Å². The monoisotopic (exact) mass is 356 g/mol. The summed E-state index contributed by atoms with van der Waals surface area (Å²) in [7, 11) is 0. The van der Waals surface area contributed by atoms with Crippen molar-refractivity contribution >= 4 is 11.8 Å². The van der Waals surface area contributed by atoms with Gasteiger partial charge in [0.2, 0.25) is 0 Å². The molecule has 4 bridgehead atoms. The number of amides is 1. The topological polar surface area (TPSA) is 64.3 Å². The molecule has 26 heavy (non-hydrogen) atoms. The van der Waals surface area contributed by atoms with Gasteiger partial charge in [0.25, 0.3) is 0 Å². The summed E-state index contributed by atoms with van der Waals surface area (Å²) < 4.78 is 5.31. The number of hydrogen-bond donors (Lipinski definition) is 2. The fourth-order valence-electron chi connectivity index (χ4n) is 6.11. The van der Waals surface area contributed by atoms with E-state index in [1.807, 2.05) is 32.9 Å². The summed E-state index contributed by atoms with van der Waals surface area (Å²) in [5, 5.41) is 2.80. The molecule has 4 saturated carbocycles. The molecule has 0 spiro atoms. The summed E-state index contributed by atoms with van der Waals surface area (Å²) in [5.74, 6) is 2.71. The van der Waals surface area contributed by atoms with Crippen LogP contribution >= 0.6 is 0 Å². The largest absolute Gasteiger partial charge is 0.444 e. The van der Waals surface area contributed by atoms with Gasteiger partial charge in [-0.1, -0.05) is 12.1 Å². The van der Waals surface area contributed by atoms with E-state index in [9.17, 15) is 4.79 Å².